The molecule has 0 unspecified atom stereocenters. The third-order valence-electron chi connectivity index (χ3n) is 4.93. The largest absolute Gasteiger partial charge is 0.465 e. The number of benzene rings is 2. The molecule has 0 amide bonds. The summed E-state index contributed by atoms with van der Waals surface area (Å²) in [7, 11) is -3.57. The number of Topliss-reactive ketones (excluding diaryl/α,β-unsaturated/α-hetero) is 1. The Morgan fingerprint density at radius 1 is 1.04 bits per heavy atom. The van der Waals surface area contributed by atoms with Gasteiger partial charge in [0.15, 0.2) is 15.6 Å². The van der Waals surface area contributed by atoms with Crippen molar-refractivity contribution in [3.8, 4) is 0 Å². The van der Waals surface area contributed by atoms with Gasteiger partial charge < -0.3 is 4.74 Å². The maximum absolute atomic E-state index is 12.5. The molecule has 0 saturated carbocycles. The Labute approximate surface area is 165 Å². The van der Waals surface area contributed by atoms with Crippen molar-refractivity contribution >= 4 is 21.6 Å². The van der Waals surface area contributed by atoms with Crippen molar-refractivity contribution in [2.24, 2.45) is 5.92 Å². The van der Waals surface area contributed by atoms with Gasteiger partial charge in [0.2, 0.25) is 0 Å². The average Bonchev–Trinajstić information content (AvgIpc) is 3.07. The Balaban J connectivity index is 1.65. The van der Waals surface area contributed by atoms with Crippen molar-refractivity contribution in [3.63, 3.8) is 0 Å². The molecule has 1 fully saturated rings. The van der Waals surface area contributed by atoms with Crippen LogP contribution in [0.4, 0.5) is 0 Å². The van der Waals surface area contributed by atoms with E-state index in [1.165, 1.54) is 17.7 Å². The number of hydrogen-bond acceptors (Lipinski definition) is 5. The molecule has 0 bridgehead atoms. The van der Waals surface area contributed by atoms with E-state index in [2.05, 4.69) is 6.92 Å². The highest BCUT2D eigenvalue weighted by Gasteiger charge is 2.32. The lowest BCUT2D eigenvalue weighted by Crippen LogP contribution is -2.20. The van der Waals surface area contributed by atoms with Gasteiger partial charge in [-0.15, -0.1) is 0 Å². The molecule has 28 heavy (non-hydrogen) atoms. The van der Waals surface area contributed by atoms with Crippen molar-refractivity contribution in [1.82, 2.24) is 0 Å². The molecule has 0 aliphatic carbocycles. The maximum atomic E-state index is 12.5. The van der Waals surface area contributed by atoms with Gasteiger partial charge in [0.05, 0.1) is 23.2 Å². The second kappa shape index (κ2) is 8.69. The van der Waals surface area contributed by atoms with E-state index in [0.29, 0.717) is 12.0 Å². The predicted molar refractivity (Wildman–Crippen MR) is 106 cm³/mol. The lowest BCUT2D eigenvalue weighted by molar-refractivity contribution is -0.140. The normalized spacial score (nSPS) is 16.8. The number of sulfone groups is 1. The minimum Gasteiger partial charge on any atom is -0.465 e. The number of carbonyl (C=O) groups excluding carboxylic acids is 2. The van der Waals surface area contributed by atoms with Crippen LogP contribution < -0.4 is 0 Å². The van der Waals surface area contributed by atoms with Gasteiger partial charge in [0.25, 0.3) is 0 Å². The molecular weight excluding hydrogens is 376 g/mol. The van der Waals surface area contributed by atoms with Crippen molar-refractivity contribution < 1.29 is 22.7 Å². The molecule has 1 aliphatic rings. The first-order valence-electron chi connectivity index (χ1n) is 9.49. The molecule has 1 heterocycles. The minimum atomic E-state index is -3.57. The van der Waals surface area contributed by atoms with E-state index in [9.17, 15) is 18.0 Å². The van der Waals surface area contributed by atoms with Gasteiger partial charge in [-0.05, 0) is 36.1 Å². The maximum Gasteiger partial charge on any atom is 0.310 e. The number of esters is 1. The fourth-order valence-corrected chi connectivity index (χ4v) is 4.87. The molecule has 6 heteroatoms. The summed E-state index contributed by atoms with van der Waals surface area (Å²) < 4.78 is 29.8. The smallest absolute Gasteiger partial charge is 0.310 e. The second-order valence-electron chi connectivity index (χ2n) is 7.13. The standard InChI is InChI=1S/C22H24O5S/c1-2-3-16-4-8-18(9-5-16)21(23)14-17-6-10-20(11-7-17)28(25,26)15-19-12-13-27-22(19)24/h4-11,19H,2-3,12-15H2,1H3/t19-/m1/s1. The van der Waals surface area contributed by atoms with Crippen molar-refractivity contribution in [3.05, 3.63) is 65.2 Å². The summed E-state index contributed by atoms with van der Waals surface area (Å²) in [5.74, 6) is -1.29. The number of cyclic esters (lactones) is 1. The Morgan fingerprint density at radius 3 is 2.25 bits per heavy atom. The van der Waals surface area contributed by atoms with Crippen LogP contribution in [0.15, 0.2) is 53.4 Å². The van der Waals surface area contributed by atoms with Crippen LogP contribution in [0.5, 0.6) is 0 Å². The van der Waals surface area contributed by atoms with Gasteiger partial charge in [-0.1, -0.05) is 49.7 Å². The van der Waals surface area contributed by atoms with Gasteiger partial charge in [0.1, 0.15) is 0 Å². The molecule has 3 rings (SSSR count). The van der Waals surface area contributed by atoms with Crippen LogP contribution in [-0.4, -0.2) is 32.5 Å². The number of ketones is 1. The Hall–Kier alpha value is -2.47. The van der Waals surface area contributed by atoms with Gasteiger partial charge in [0, 0.05) is 12.0 Å². The summed E-state index contributed by atoms with van der Waals surface area (Å²) in [6.45, 7) is 2.39. The van der Waals surface area contributed by atoms with Crippen LogP contribution in [0.25, 0.3) is 0 Å². The van der Waals surface area contributed by atoms with Crippen LogP contribution in [0.3, 0.4) is 0 Å². The summed E-state index contributed by atoms with van der Waals surface area (Å²) in [5.41, 5.74) is 2.61. The summed E-state index contributed by atoms with van der Waals surface area (Å²) in [6, 6.07) is 13.9. The van der Waals surface area contributed by atoms with E-state index in [0.717, 1.165) is 18.4 Å². The van der Waals surface area contributed by atoms with Gasteiger partial charge >= 0.3 is 5.97 Å². The SMILES string of the molecule is CCCc1ccc(C(=O)Cc2ccc(S(=O)(=O)C[C@H]3CCOC3=O)cc2)cc1. The minimum absolute atomic E-state index is 0.00708. The molecule has 0 radical (unpaired) electrons. The topological polar surface area (TPSA) is 77.5 Å². The molecule has 5 nitrogen and oxygen atoms in total. The van der Waals surface area contributed by atoms with E-state index < -0.39 is 21.7 Å². The van der Waals surface area contributed by atoms with Gasteiger partial charge in [-0.2, -0.15) is 0 Å². The molecule has 1 aliphatic heterocycles. The second-order valence-corrected chi connectivity index (χ2v) is 9.16. The number of carbonyl (C=O) groups is 2. The summed E-state index contributed by atoms with van der Waals surface area (Å²) in [6.07, 6.45) is 2.69. The van der Waals surface area contributed by atoms with E-state index in [-0.39, 0.29) is 29.5 Å². The quantitative estimate of drug-likeness (QED) is 0.501. The van der Waals surface area contributed by atoms with Crippen molar-refractivity contribution in [1.29, 1.82) is 0 Å². The molecular formula is C22H24O5S. The van der Waals surface area contributed by atoms with Crippen molar-refractivity contribution in [2.75, 3.05) is 12.4 Å². The Morgan fingerprint density at radius 2 is 1.68 bits per heavy atom. The molecule has 1 atom stereocenters. The molecule has 0 aromatic heterocycles. The molecule has 0 spiro atoms. The summed E-state index contributed by atoms with van der Waals surface area (Å²) >= 11 is 0. The molecule has 2 aromatic carbocycles. The first kappa shape index (κ1) is 20.3. The number of ether oxygens (including phenoxy) is 1. The number of aryl methyl sites for hydroxylation is 1. The zero-order valence-electron chi connectivity index (χ0n) is 15.9. The highest BCUT2D eigenvalue weighted by molar-refractivity contribution is 7.91. The first-order valence-corrected chi connectivity index (χ1v) is 11.1. The summed E-state index contributed by atoms with van der Waals surface area (Å²) in [5, 5.41) is 0. The Kier molecular flexibility index (Phi) is 6.29. The lowest BCUT2D eigenvalue weighted by Gasteiger charge is -2.08. The molecule has 2 aromatic rings. The highest BCUT2D eigenvalue weighted by Crippen LogP contribution is 2.22. The van der Waals surface area contributed by atoms with E-state index in [1.807, 2.05) is 24.3 Å². The van der Waals surface area contributed by atoms with Gasteiger partial charge in [-0.3, -0.25) is 9.59 Å². The zero-order chi connectivity index (χ0) is 20.1. The van der Waals surface area contributed by atoms with Gasteiger partial charge in [-0.25, -0.2) is 8.42 Å². The lowest BCUT2D eigenvalue weighted by atomic mass is 10.0. The molecule has 0 N–H and O–H groups in total. The number of hydrogen-bond donors (Lipinski definition) is 0. The molecule has 148 valence electrons. The Bertz CT molecular complexity index is 943. The van der Waals surface area contributed by atoms with E-state index in [1.54, 1.807) is 12.1 Å². The van der Waals surface area contributed by atoms with Crippen LogP contribution in [0, 0.1) is 5.92 Å². The first-order chi connectivity index (χ1) is 13.4. The van der Waals surface area contributed by atoms with E-state index in [4.69, 9.17) is 4.74 Å². The average molecular weight is 400 g/mol. The number of rotatable bonds is 8. The predicted octanol–water partition coefficient (Wildman–Crippen LogP) is 3.40. The van der Waals surface area contributed by atoms with Crippen molar-refractivity contribution in [2.45, 2.75) is 37.5 Å². The fourth-order valence-electron chi connectivity index (χ4n) is 3.30. The molecule has 1 saturated heterocycles. The van der Waals surface area contributed by atoms with Crippen LogP contribution in [-0.2, 0) is 32.2 Å². The van der Waals surface area contributed by atoms with Crippen LogP contribution in [0.2, 0.25) is 0 Å². The van der Waals surface area contributed by atoms with Crippen LogP contribution >= 0.6 is 0 Å². The highest BCUT2D eigenvalue weighted by atomic mass is 32.2. The fraction of sp³-hybridized carbons (Fsp3) is 0.364. The third kappa shape index (κ3) is 4.87. The zero-order valence-corrected chi connectivity index (χ0v) is 16.7. The van der Waals surface area contributed by atoms with Crippen LogP contribution in [0.1, 0.15) is 41.3 Å². The monoisotopic (exact) mass is 400 g/mol. The third-order valence-corrected chi connectivity index (χ3v) is 6.76. The van der Waals surface area contributed by atoms with E-state index >= 15 is 0 Å². The summed E-state index contributed by atoms with van der Waals surface area (Å²) in [4.78, 5) is 24.1.